The van der Waals surface area contributed by atoms with Gasteiger partial charge in [0, 0.05) is 23.4 Å². The number of sulfone groups is 1. The highest BCUT2D eigenvalue weighted by molar-refractivity contribution is 7.90. The first-order chi connectivity index (χ1) is 9.74. The first kappa shape index (κ1) is 17.2. The molecule has 1 aromatic carbocycles. The minimum absolute atomic E-state index is 0.109. The normalized spacial score (nSPS) is 12.2. The molecule has 1 amide bonds. The van der Waals surface area contributed by atoms with Gasteiger partial charge in [0.1, 0.15) is 16.4 Å². The topological polar surface area (TPSA) is 83.5 Å². The minimum atomic E-state index is -3.15. The summed E-state index contributed by atoms with van der Waals surface area (Å²) >= 11 is 0. The predicted octanol–water partition coefficient (Wildman–Crippen LogP) is 0.502. The molecule has 0 aliphatic rings. The highest BCUT2D eigenvalue weighted by Gasteiger charge is 2.16. The van der Waals surface area contributed by atoms with Crippen molar-refractivity contribution in [1.82, 2.24) is 5.32 Å². The molecule has 0 aromatic heterocycles. The van der Waals surface area contributed by atoms with Crippen LogP contribution < -0.4 is 5.32 Å². The van der Waals surface area contributed by atoms with Crippen molar-refractivity contribution in [2.45, 2.75) is 19.9 Å². The first-order valence-electron chi connectivity index (χ1n) is 6.42. The molecule has 6 heteroatoms. The van der Waals surface area contributed by atoms with E-state index >= 15 is 0 Å². The van der Waals surface area contributed by atoms with E-state index in [0.29, 0.717) is 16.7 Å². The van der Waals surface area contributed by atoms with Crippen LogP contribution in [0.15, 0.2) is 18.2 Å². The molecule has 1 aromatic rings. The average Bonchev–Trinajstić information content (AvgIpc) is 2.35. The number of amides is 1. The number of aliphatic hydroxyl groups is 1. The van der Waals surface area contributed by atoms with Gasteiger partial charge in [-0.25, -0.2) is 8.42 Å². The molecule has 1 rings (SSSR count). The van der Waals surface area contributed by atoms with E-state index in [1.165, 1.54) is 0 Å². The van der Waals surface area contributed by atoms with Crippen molar-refractivity contribution in [2.24, 2.45) is 0 Å². The molecule has 1 unspecified atom stereocenters. The molecule has 21 heavy (non-hydrogen) atoms. The van der Waals surface area contributed by atoms with Gasteiger partial charge in [-0.05, 0) is 31.5 Å². The summed E-state index contributed by atoms with van der Waals surface area (Å²) in [5.41, 5.74) is 1.80. The molecule has 0 aliphatic heterocycles. The van der Waals surface area contributed by atoms with E-state index in [2.05, 4.69) is 17.2 Å². The van der Waals surface area contributed by atoms with Gasteiger partial charge in [0.05, 0.1) is 5.75 Å². The molecule has 2 N–H and O–H groups in total. The lowest BCUT2D eigenvalue weighted by molar-refractivity contribution is 0.0943. The Morgan fingerprint density at radius 1 is 1.43 bits per heavy atom. The number of rotatable bonds is 4. The van der Waals surface area contributed by atoms with Crippen molar-refractivity contribution >= 4 is 15.7 Å². The van der Waals surface area contributed by atoms with Crippen LogP contribution in [0.3, 0.4) is 0 Å². The smallest absolute Gasteiger partial charge is 0.251 e. The maximum atomic E-state index is 12.2. The quantitative estimate of drug-likeness (QED) is 0.794. The molecule has 0 aliphatic carbocycles. The lowest BCUT2D eigenvalue weighted by Crippen LogP contribution is -2.37. The van der Waals surface area contributed by atoms with Gasteiger partial charge < -0.3 is 10.4 Å². The Bertz CT molecular complexity index is 683. The second kappa shape index (κ2) is 7.25. The van der Waals surface area contributed by atoms with E-state index in [9.17, 15) is 13.2 Å². The molecule has 1 atom stereocenters. The van der Waals surface area contributed by atoms with Gasteiger partial charge in [0.25, 0.3) is 5.91 Å². The van der Waals surface area contributed by atoms with Crippen LogP contribution >= 0.6 is 0 Å². The zero-order valence-electron chi connectivity index (χ0n) is 12.3. The monoisotopic (exact) mass is 309 g/mol. The van der Waals surface area contributed by atoms with Gasteiger partial charge in [-0.15, -0.1) is 0 Å². The Morgan fingerprint density at radius 2 is 2.10 bits per heavy atom. The summed E-state index contributed by atoms with van der Waals surface area (Å²) in [4.78, 5) is 12.2. The van der Waals surface area contributed by atoms with Crippen LogP contribution in [0.2, 0.25) is 0 Å². The molecule has 0 fully saturated rings. The predicted molar refractivity (Wildman–Crippen MR) is 81.8 cm³/mol. The number of nitrogens with one attached hydrogen (secondary N) is 1. The third-order valence-corrected chi connectivity index (χ3v) is 3.92. The summed E-state index contributed by atoms with van der Waals surface area (Å²) < 4.78 is 22.4. The van der Waals surface area contributed by atoms with Gasteiger partial charge in [-0.1, -0.05) is 17.9 Å². The van der Waals surface area contributed by atoms with E-state index in [-0.39, 0.29) is 18.3 Å². The summed E-state index contributed by atoms with van der Waals surface area (Å²) in [6.07, 6.45) is 1.13. The van der Waals surface area contributed by atoms with Crippen LogP contribution in [0.1, 0.15) is 28.4 Å². The third kappa shape index (κ3) is 5.58. The van der Waals surface area contributed by atoms with E-state index in [1.54, 1.807) is 32.0 Å². The van der Waals surface area contributed by atoms with Gasteiger partial charge >= 0.3 is 0 Å². The van der Waals surface area contributed by atoms with Crippen molar-refractivity contribution in [3.05, 3.63) is 34.9 Å². The fourth-order valence-electron chi connectivity index (χ4n) is 1.95. The summed E-state index contributed by atoms with van der Waals surface area (Å²) in [7, 11) is -3.15. The number of benzene rings is 1. The van der Waals surface area contributed by atoms with Crippen LogP contribution in [0, 0.1) is 18.8 Å². The second-order valence-electron chi connectivity index (χ2n) is 4.90. The Morgan fingerprint density at radius 3 is 2.67 bits per heavy atom. The van der Waals surface area contributed by atoms with Gasteiger partial charge in [-0.2, -0.15) is 0 Å². The third-order valence-electron chi connectivity index (χ3n) is 2.81. The molecule has 0 spiro atoms. The molecule has 114 valence electrons. The van der Waals surface area contributed by atoms with Crippen molar-refractivity contribution in [1.29, 1.82) is 0 Å². The van der Waals surface area contributed by atoms with E-state index in [1.807, 2.05) is 0 Å². The lowest BCUT2D eigenvalue weighted by Gasteiger charge is -2.14. The maximum absolute atomic E-state index is 12.2. The van der Waals surface area contributed by atoms with Crippen molar-refractivity contribution in [2.75, 3.05) is 18.6 Å². The Hall–Kier alpha value is -1.84. The zero-order valence-corrected chi connectivity index (χ0v) is 13.1. The Kier molecular flexibility index (Phi) is 5.94. The number of hydrogen-bond donors (Lipinski definition) is 2. The molecular formula is C15H19NO4S. The zero-order chi connectivity index (χ0) is 16.0. The molecule has 0 saturated heterocycles. The SMILES string of the molecule is Cc1c(C#CCO)cccc1C(=O)NC(C)CS(C)(=O)=O. The molecular weight excluding hydrogens is 290 g/mol. The lowest BCUT2D eigenvalue weighted by atomic mass is 10.0. The molecule has 0 saturated carbocycles. The molecule has 0 heterocycles. The van der Waals surface area contributed by atoms with Crippen molar-refractivity contribution < 1.29 is 18.3 Å². The highest BCUT2D eigenvalue weighted by Crippen LogP contribution is 2.13. The van der Waals surface area contributed by atoms with E-state index in [4.69, 9.17) is 5.11 Å². The largest absolute Gasteiger partial charge is 0.384 e. The minimum Gasteiger partial charge on any atom is -0.384 e. The van der Waals surface area contributed by atoms with Crippen molar-refractivity contribution in [3.8, 4) is 11.8 Å². The summed E-state index contributed by atoms with van der Waals surface area (Å²) in [6, 6.07) is 4.64. The average molecular weight is 309 g/mol. The number of carbonyl (C=O) groups is 1. The number of aliphatic hydroxyl groups excluding tert-OH is 1. The maximum Gasteiger partial charge on any atom is 0.251 e. The van der Waals surface area contributed by atoms with Crippen LogP contribution in [0.25, 0.3) is 0 Å². The van der Waals surface area contributed by atoms with Gasteiger partial charge in [0.2, 0.25) is 0 Å². The Balaban J connectivity index is 2.93. The number of hydrogen-bond acceptors (Lipinski definition) is 4. The van der Waals surface area contributed by atoms with Crippen LogP contribution in [-0.4, -0.2) is 44.1 Å². The molecule has 5 nitrogen and oxygen atoms in total. The van der Waals surface area contributed by atoms with Gasteiger partial charge in [-0.3, -0.25) is 4.79 Å². The Labute approximate surface area is 125 Å². The second-order valence-corrected chi connectivity index (χ2v) is 7.09. The van der Waals surface area contributed by atoms with Crippen LogP contribution in [0.4, 0.5) is 0 Å². The fraction of sp³-hybridized carbons (Fsp3) is 0.400. The highest BCUT2D eigenvalue weighted by atomic mass is 32.2. The standard InChI is InChI=1S/C15H19NO4S/c1-11(10-21(3,19)20)16-15(18)14-8-4-6-13(12(14)2)7-5-9-17/h4,6,8,11,17H,9-10H2,1-3H3,(H,16,18). The molecule has 0 radical (unpaired) electrons. The van der Waals surface area contributed by atoms with Crippen molar-refractivity contribution in [3.63, 3.8) is 0 Å². The molecule has 0 bridgehead atoms. The fourth-order valence-corrected chi connectivity index (χ4v) is 2.94. The summed E-state index contributed by atoms with van der Waals surface area (Å²) in [5, 5.41) is 11.4. The van der Waals surface area contributed by atoms with E-state index in [0.717, 1.165) is 6.26 Å². The first-order valence-corrected chi connectivity index (χ1v) is 8.48. The van der Waals surface area contributed by atoms with Gasteiger partial charge in [0.15, 0.2) is 0 Å². The summed E-state index contributed by atoms with van der Waals surface area (Å²) in [6.45, 7) is 3.16. The van der Waals surface area contributed by atoms with Crippen LogP contribution in [0.5, 0.6) is 0 Å². The van der Waals surface area contributed by atoms with Crippen LogP contribution in [-0.2, 0) is 9.84 Å². The number of carbonyl (C=O) groups excluding carboxylic acids is 1. The summed E-state index contributed by atoms with van der Waals surface area (Å²) in [5.74, 6) is 4.87. The van der Waals surface area contributed by atoms with E-state index < -0.39 is 15.9 Å².